The Kier molecular flexibility index (Phi) is 6.15. The average molecular weight is 244 g/mol. The number of pyridine rings is 1. The van der Waals surface area contributed by atoms with Gasteiger partial charge < -0.3 is 15.0 Å². The molecule has 1 N–H and O–H groups in total. The van der Waals surface area contributed by atoms with Gasteiger partial charge in [0.25, 0.3) is 0 Å². The van der Waals surface area contributed by atoms with E-state index in [9.17, 15) is 0 Å². The highest BCUT2D eigenvalue weighted by molar-refractivity contribution is 6.33. The minimum atomic E-state index is 0.682. The fraction of sp³-hybridized carbons (Fsp3) is 0.545. The molecule has 90 valence electrons. The minimum absolute atomic E-state index is 0.682. The summed E-state index contributed by atoms with van der Waals surface area (Å²) in [5.41, 5.74) is 1.00. The first-order valence-electron chi connectivity index (χ1n) is 5.26. The Morgan fingerprint density at radius 1 is 1.50 bits per heavy atom. The van der Waals surface area contributed by atoms with E-state index in [0.29, 0.717) is 5.02 Å². The van der Waals surface area contributed by atoms with Crippen molar-refractivity contribution in [2.45, 2.75) is 0 Å². The molecule has 0 aliphatic carbocycles. The molecular formula is C11H18ClN3O. The van der Waals surface area contributed by atoms with Crippen molar-refractivity contribution >= 4 is 17.3 Å². The highest BCUT2D eigenvalue weighted by Crippen LogP contribution is 2.22. The molecule has 0 aliphatic rings. The maximum atomic E-state index is 6.04. The third-order valence-corrected chi connectivity index (χ3v) is 2.56. The number of halogens is 1. The third-order valence-electron chi connectivity index (χ3n) is 2.27. The number of aromatic nitrogens is 1. The van der Waals surface area contributed by atoms with Crippen LogP contribution in [-0.4, -0.2) is 45.4 Å². The van der Waals surface area contributed by atoms with Gasteiger partial charge in [0.05, 0.1) is 17.3 Å². The lowest BCUT2D eigenvalue weighted by Crippen LogP contribution is -2.31. The summed E-state index contributed by atoms with van der Waals surface area (Å²) in [6, 6.07) is 1.91. The summed E-state index contributed by atoms with van der Waals surface area (Å²) in [5.74, 6) is 0. The quantitative estimate of drug-likeness (QED) is 0.735. The molecule has 1 aromatic rings. The van der Waals surface area contributed by atoms with Gasteiger partial charge in [0.15, 0.2) is 0 Å². The number of likely N-dealkylation sites (N-methyl/N-ethyl adjacent to an activating group) is 1. The van der Waals surface area contributed by atoms with Gasteiger partial charge in [0.2, 0.25) is 0 Å². The molecule has 0 amide bonds. The largest absolute Gasteiger partial charge is 0.383 e. The lowest BCUT2D eigenvalue weighted by atomic mass is 10.3. The summed E-state index contributed by atoms with van der Waals surface area (Å²) < 4.78 is 4.95. The predicted molar refractivity (Wildman–Crippen MR) is 67.3 cm³/mol. The van der Waals surface area contributed by atoms with E-state index >= 15 is 0 Å². The van der Waals surface area contributed by atoms with E-state index in [1.807, 2.05) is 13.1 Å². The summed E-state index contributed by atoms with van der Waals surface area (Å²) in [7, 11) is 3.71. The first-order valence-corrected chi connectivity index (χ1v) is 5.64. The predicted octanol–water partition coefficient (Wildman–Crippen LogP) is 1.41. The van der Waals surface area contributed by atoms with Gasteiger partial charge in [-0.25, -0.2) is 0 Å². The molecule has 0 aliphatic heterocycles. The normalized spacial score (nSPS) is 10.4. The van der Waals surface area contributed by atoms with Crippen molar-refractivity contribution in [3.63, 3.8) is 0 Å². The van der Waals surface area contributed by atoms with E-state index in [2.05, 4.69) is 15.2 Å². The van der Waals surface area contributed by atoms with Gasteiger partial charge in [0.1, 0.15) is 0 Å². The highest BCUT2D eigenvalue weighted by Gasteiger charge is 2.04. The smallest absolute Gasteiger partial charge is 0.0822 e. The van der Waals surface area contributed by atoms with Crippen LogP contribution in [0.3, 0.4) is 0 Å². The van der Waals surface area contributed by atoms with Crippen LogP contribution in [-0.2, 0) is 4.74 Å². The lowest BCUT2D eigenvalue weighted by Gasteiger charge is -2.20. The third kappa shape index (κ3) is 4.35. The molecule has 0 atom stereocenters. The maximum Gasteiger partial charge on any atom is 0.0822 e. The molecule has 5 heteroatoms. The van der Waals surface area contributed by atoms with Crippen molar-refractivity contribution in [1.29, 1.82) is 0 Å². The molecule has 0 saturated heterocycles. The van der Waals surface area contributed by atoms with Gasteiger partial charge in [-0.3, -0.25) is 4.98 Å². The molecule has 0 saturated carbocycles. The number of ether oxygens (including phenoxy) is 1. The van der Waals surface area contributed by atoms with E-state index in [1.54, 1.807) is 19.5 Å². The first-order chi connectivity index (χ1) is 7.75. The first kappa shape index (κ1) is 13.2. The molecule has 4 nitrogen and oxygen atoms in total. The van der Waals surface area contributed by atoms with Crippen molar-refractivity contribution in [2.75, 3.05) is 45.3 Å². The highest BCUT2D eigenvalue weighted by atomic mass is 35.5. The Labute approximate surface area is 102 Å². The number of nitrogens with one attached hydrogen (secondary N) is 1. The molecule has 0 aromatic carbocycles. The van der Waals surface area contributed by atoms with Crippen molar-refractivity contribution in [2.24, 2.45) is 0 Å². The zero-order chi connectivity index (χ0) is 11.8. The van der Waals surface area contributed by atoms with Crippen LogP contribution in [0.15, 0.2) is 18.5 Å². The number of rotatable bonds is 7. The van der Waals surface area contributed by atoms with E-state index in [1.165, 1.54) is 0 Å². The van der Waals surface area contributed by atoms with E-state index in [4.69, 9.17) is 16.3 Å². The van der Waals surface area contributed by atoms with Gasteiger partial charge in [-0.2, -0.15) is 0 Å². The topological polar surface area (TPSA) is 37.4 Å². The molecule has 0 bridgehead atoms. The van der Waals surface area contributed by atoms with Crippen LogP contribution < -0.4 is 10.2 Å². The lowest BCUT2D eigenvalue weighted by molar-refractivity contribution is 0.200. The van der Waals surface area contributed by atoms with Crippen molar-refractivity contribution < 1.29 is 4.74 Å². The van der Waals surface area contributed by atoms with Gasteiger partial charge >= 0.3 is 0 Å². The summed E-state index contributed by atoms with van der Waals surface area (Å²) >= 11 is 6.04. The molecule has 1 aromatic heterocycles. The fourth-order valence-electron chi connectivity index (χ4n) is 1.34. The molecule has 16 heavy (non-hydrogen) atoms. The fourth-order valence-corrected chi connectivity index (χ4v) is 1.61. The molecule has 0 fully saturated rings. The molecular weight excluding hydrogens is 226 g/mol. The number of hydrogen-bond donors (Lipinski definition) is 1. The van der Waals surface area contributed by atoms with Gasteiger partial charge in [0, 0.05) is 46.2 Å². The summed E-state index contributed by atoms with van der Waals surface area (Å²) in [6.45, 7) is 3.40. The summed E-state index contributed by atoms with van der Waals surface area (Å²) in [5, 5.41) is 3.96. The molecule has 1 heterocycles. The summed E-state index contributed by atoms with van der Waals surface area (Å²) in [6.07, 6.45) is 3.40. The maximum absolute atomic E-state index is 6.04. The van der Waals surface area contributed by atoms with E-state index < -0.39 is 0 Å². The van der Waals surface area contributed by atoms with Crippen molar-refractivity contribution in [3.8, 4) is 0 Å². The van der Waals surface area contributed by atoms with Crippen LogP contribution in [0.2, 0.25) is 5.02 Å². The Morgan fingerprint density at radius 3 is 3.00 bits per heavy atom. The van der Waals surface area contributed by atoms with Crippen LogP contribution >= 0.6 is 11.6 Å². The standard InChI is InChI=1S/C11H18ClN3O/c1-15(7-5-13-6-8-16-2)11-3-4-14-9-10(11)12/h3-4,9,13H,5-8H2,1-2H3. The SMILES string of the molecule is COCCNCCN(C)c1ccncc1Cl. The molecule has 0 spiro atoms. The zero-order valence-corrected chi connectivity index (χ0v) is 10.5. The number of hydrogen-bond acceptors (Lipinski definition) is 4. The second-order valence-corrected chi connectivity index (χ2v) is 3.90. The molecule has 1 rings (SSSR count). The second-order valence-electron chi connectivity index (χ2n) is 3.49. The Bertz CT molecular complexity index is 309. The van der Waals surface area contributed by atoms with Crippen LogP contribution in [0.25, 0.3) is 0 Å². The Hall–Kier alpha value is -0.840. The minimum Gasteiger partial charge on any atom is -0.383 e. The molecule has 0 radical (unpaired) electrons. The van der Waals surface area contributed by atoms with E-state index in [0.717, 1.165) is 31.9 Å². The van der Waals surface area contributed by atoms with Crippen molar-refractivity contribution in [3.05, 3.63) is 23.5 Å². The summed E-state index contributed by atoms with van der Waals surface area (Å²) in [4.78, 5) is 6.06. The van der Waals surface area contributed by atoms with Crippen LogP contribution in [0.5, 0.6) is 0 Å². The van der Waals surface area contributed by atoms with Gasteiger partial charge in [-0.15, -0.1) is 0 Å². The van der Waals surface area contributed by atoms with Crippen LogP contribution in [0, 0.1) is 0 Å². The number of nitrogens with zero attached hydrogens (tertiary/aromatic N) is 2. The average Bonchev–Trinajstić information content (AvgIpc) is 2.29. The van der Waals surface area contributed by atoms with Crippen molar-refractivity contribution in [1.82, 2.24) is 10.3 Å². The number of methoxy groups -OCH3 is 1. The second kappa shape index (κ2) is 7.44. The zero-order valence-electron chi connectivity index (χ0n) is 9.74. The van der Waals surface area contributed by atoms with Gasteiger partial charge in [-0.1, -0.05) is 11.6 Å². The monoisotopic (exact) mass is 243 g/mol. The Morgan fingerprint density at radius 2 is 2.31 bits per heavy atom. The number of anilines is 1. The van der Waals surface area contributed by atoms with Crippen LogP contribution in [0.1, 0.15) is 0 Å². The molecule has 0 unspecified atom stereocenters. The van der Waals surface area contributed by atoms with E-state index in [-0.39, 0.29) is 0 Å². The Balaban J connectivity index is 2.30. The van der Waals surface area contributed by atoms with Crippen LogP contribution in [0.4, 0.5) is 5.69 Å². The van der Waals surface area contributed by atoms with Gasteiger partial charge in [-0.05, 0) is 6.07 Å².